The van der Waals surface area contributed by atoms with E-state index in [1.54, 1.807) is 0 Å². The molecule has 0 aliphatic rings. The molecule has 70 heteroatoms. The van der Waals surface area contributed by atoms with E-state index in [9.17, 15) is 0 Å². The summed E-state index contributed by atoms with van der Waals surface area (Å²) >= 11 is 0. The van der Waals surface area contributed by atoms with Gasteiger partial charge in [0.15, 0.2) is 0 Å². The smallest absolute Gasteiger partial charge is 2.00 e. The first-order valence-corrected chi connectivity index (χ1v) is 0. The largest absolute Gasteiger partial charge is 3.00 e. The number of hydrogen-bond donors (Lipinski definition) is 0. The monoisotopic (exact) mass is 1920 g/mol. The topological polar surface area (TPSA) is 1420 Å². The van der Waals surface area contributed by atoms with Gasteiger partial charge in [0.2, 0.25) is 0 Å². The Labute approximate surface area is 607 Å². The van der Waals surface area contributed by atoms with Crippen molar-refractivity contribution in [3.8, 4) is 0 Å². The number of rotatable bonds is 0. The summed E-state index contributed by atoms with van der Waals surface area (Å²) < 4.78 is 0. The zero-order valence-electron chi connectivity index (χ0n) is 27.5. The molecule has 70 heavy (non-hydrogen) atoms. The maximum absolute atomic E-state index is 0. The summed E-state index contributed by atoms with van der Waals surface area (Å²) in [7, 11) is 0. The van der Waals surface area contributed by atoms with Crippen LogP contribution in [0.1, 0.15) is 0 Å². The van der Waals surface area contributed by atoms with Gasteiger partial charge >= 0.3 is 341 Å². The van der Waals surface area contributed by atoms with E-state index in [0.717, 1.165) is 0 Å². The fourth-order valence-electron chi connectivity index (χ4n) is 0. The second-order valence-electron chi connectivity index (χ2n) is 0. The Balaban J connectivity index is 0. The Morgan fingerprint density at radius 2 is 0.0286 bits per heavy atom. The second kappa shape index (κ2) is 6420. The minimum atomic E-state index is 0. The first-order valence-electron chi connectivity index (χ1n) is 0. The van der Waals surface area contributed by atoms with Gasteiger partial charge in [-0.15, -0.1) is 0 Å². The fourth-order valence-corrected chi connectivity index (χ4v) is 0. The molecule has 0 saturated heterocycles. The van der Waals surface area contributed by atoms with Crippen molar-refractivity contribution in [3.05, 3.63) is 0 Å². The van der Waals surface area contributed by atoms with Crippen molar-refractivity contribution in [2.24, 2.45) is 0 Å². The third kappa shape index (κ3) is 6170. The van der Waals surface area contributed by atoms with Crippen LogP contribution in [0, 0.1) is 0 Å². The summed E-state index contributed by atoms with van der Waals surface area (Å²) in [6.07, 6.45) is 0. The molecule has 0 rings (SSSR count). The molecule has 0 atom stereocenters. The van der Waals surface area contributed by atoms with E-state index >= 15 is 0 Å². The molecule has 0 aliphatic carbocycles. The third-order valence-corrected chi connectivity index (χ3v) is 0. The van der Waals surface area contributed by atoms with Crippen LogP contribution in [-0.4, -0.2) is 0 Å². The molecule has 0 aromatic rings. The molecule has 0 aromatic heterocycles. The summed E-state index contributed by atoms with van der Waals surface area (Å²) in [6, 6.07) is 0. The van der Waals surface area contributed by atoms with E-state index in [1.807, 2.05) is 0 Å². The Hall–Kier alpha value is 8.39. The molecule has 0 unspecified atom stereocenters. The van der Waals surface area contributed by atoms with Crippen LogP contribution in [0.3, 0.4) is 0 Å². The standard InChI is InChI=1S/20Fe.50O/q20*+3;50*-2. The van der Waals surface area contributed by atoms with Gasteiger partial charge in [-0.1, -0.05) is 0 Å². The Kier molecular flexibility index (Phi) is 611000. The van der Waals surface area contributed by atoms with Crippen molar-refractivity contribution in [1.82, 2.24) is 0 Å². The first kappa shape index (κ1) is 6670. The van der Waals surface area contributed by atoms with Crippen LogP contribution in [0.15, 0.2) is 0 Å². The van der Waals surface area contributed by atoms with Crippen molar-refractivity contribution in [2.45, 2.75) is 0 Å². The average molecular weight is 1920 g/mol. The van der Waals surface area contributed by atoms with E-state index in [1.165, 1.54) is 0 Å². The molecule has 20 radical (unpaired) electrons. The van der Waals surface area contributed by atoms with E-state index in [-0.39, 0.29) is 615 Å². The van der Waals surface area contributed by atoms with E-state index in [4.69, 9.17) is 0 Å². The van der Waals surface area contributed by atoms with Crippen LogP contribution in [0.2, 0.25) is 0 Å². The normalized spacial score (nSPS) is 0. The molecule has 0 spiro atoms. The van der Waals surface area contributed by atoms with Crippen LogP contribution in [0.25, 0.3) is 0 Å². The van der Waals surface area contributed by atoms with Crippen LogP contribution in [-0.2, 0) is 615 Å². The van der Waals surface area contributed by atoms with Gasteiger partial charge in [-0.25, -0.2) is 0 Å². The zero-order chi connectivity index (χ0) is 0. The van der Waals surface area contributed by atoms with Crippen LogP contribution in [0.5, 0.6) is 0 Å². The van der Waals surface area contributed by atoms with Gasteiger partial charge in [-0.05, 0) is 0 Å². The van der Waals surface area contributed by atoms with Crippen molar-refractivity contribution in [3.63, 3.8) is 0 Å². The minimum Gasteiger partial charge on any atom is -2.00 e. The second-order valence-corrected chi connectivity index (χ2v) is 0. The van der Waals surface area contributed by atoms with Gasteiger partial charge < -0.3 is 274 Å². The van der Waals surface area contributed by atoms with Crippen molar-refractivity contribution in [2.75, 3.05) is 0 Å². The summed E-state index contributed by atoms with van der Waals surface area (Å²) in [5.74, 6) is 0. The van der Waals surface area contributed by atoms with Crippen LogP contribution in [0.4, 0.5) is 0 Å². The van der Waals surface area contributed by atoms with Gasteiger partial charge in [-0.3, -0.25) is 0 Å². The van der Waals surface area contributed by atoms with Crippen molar-refractivity contribution >= 4 is 0 Å². The van der Waals surface area contributed by atoms with Crippen LogP contribution >= 0.6 is 0 Å². The van der Waals surface area contributed by atoms with Gasteiger partial charge in [0, 0.05) is 0 Å². The fraction of sp³-hybridized carbons (Fsp3) is 0. The summed E-state index contributed by atoms with van der Waals surface area (Å²) in [6.45, 7) is 0. The van der Waals surface area contributed by atoms with Gasteiger partial charge in [0.1, 0.15) is 0 Å². The molecule has 0 aromatic carbocycles. The molecule has 0 bridgehead atoms. The molecule has 0 fully saturated rings. The molecule has 0 heterocycles. The molecule has 0 saturated carbocycles. The first-order chi connectivity index (χ1) is 0. The molecule has 500 valence electrons. The molecule has 50 nitrogen and oxygen atoms in total. The Bertz CT molecular complexity index is 60.4. The van der Waals surface area contributed by atoms with Gasteiger partial charge in [0.05, 0.1) is 0 Å². The van der Waals surface area contributed by atoms with Crippen molar-refractivity contribution < 1.29 is 615 Å². The maximum atomic E-state index is 0. The van der Waals surface area contributed by atoms with E-state index in [0.29, 0.717) is 0 Å². The summed E-state index contributed by atoms with van der Waals surface area (Å²) in [4.78, 5) is 0. The number of hydrogen-bond acceptors (Lipinski definition) is 0. The van der Waals surface area contributed by atoms with E-state index in [2.05, 4.69) is 0 Å². The molecule has 0 amide bonds. The van der Waals surface area contributed by atoms with Gasteiger partial charge in [-0.2, -0.15) is 0 Å². The minimum absolute atomic E-state index is 0. The average Bonchev–Trinajstić information content (AvgIpc) is 0. The summed E-state index contributed by atoms with van der Waals surface area (Å²) in [5.41, 5.74) is 0. The molecule has 0 N–H and O–H groups in total. The molecule has 0 aliphatic heterocycles. The van der Waals surface area contributed by atoms with Crippen molar-refractivity contribution in [1.29, 1.82) is 0 Å². The third-order valence-electron chi connectivity index (χ3n) is 0. The maximum Gasteiger partial charge on any atom is 3.00 e. The SMILES string of the molecule is [Fe+3].[Fe+3].[Fe+3].[Fe+3].[Fe+3].[Fe+3].[Fe+3].[Fe+3].[Fe+3].[Fe+3].[Fe+3].[Fe+3].[Fe+3].[Fe+3].[Fe+3].[Fe+3].[Fe+3].[Fe+3].[Fe+3].[Fe+3].[O-2].[O-2].[O-2].[O-2].[O-2].[O-2].[O-2].[O-2].[O-2].[O-2].[O-2].[O-2].[O-2].[O-2].[O-2].[O-2].[O-2].[O-2].[O-2].[O-2].[O-2].[O-2].[O-2].[O-2].[O-2].[O-2].[O-2].[O-2].[O-2].[O-2].[O-2].[O-2].[O-2].[O-2].[O-2].[O-2].[O-2].[O-2].[O-2].[O-2].[O-2].[O-2].[O-2].[O-2].[O-2].[O-2].[O-2].[O-2].[O-2].[O-2]. The quantitative estimate of drug-likeness (QED) is 0.205. The predicted octanol–water partition coefficient (Wildman–Crippen LogP) is -5.99. The Morgan fingerprint density at radius 3 is 0.0286 bits per heavy atom. The molecular formula is Fe20O50-40. The van der Waals surface area contributed by atoms with E-state index < -0.39 is 0 Å². The Morgan fingerprint density at radius 1 is 0.0286 bits per heavy atom. The zero-order valence-corrected chi connectivity index (χ0v) is 49.6. The molecular weight excluding hydrogens is 1920 g/mol. The van der Waals surface area contributed by atoms with Crippen LogP contribution < -0.4 is 0 Å². The summed E-state index contributed by atoms with van der Waals surface area (Å²) in [5, 5.41) is 0. The predicted molar refractivity (Wildman–Crippen MR) is 34.3 cm³/mol. The van der Waals surface area contributed by atoms with Gasteiger partial charge in [0.25, 0.3) is 0 Å².